The molecule has 15 heavy (non-hydrogen) atoms. The van der Waals surface area contributed by atoms with Crippen molar-refractivity contribution in [2.45, 2.75) is 13.8 Å². The van der Waals surface area contributed by atoms with Gasteiger partial charge in [0, 0.05) is 0 Å². The Kier molecular flexibility index (Phi) is 4.12. The molecule has 0 saturated heterocycles. The molecule has 4 heteroatoms. The van der Waals surface area contributed by atoms with E-state index in [2.05, 4.69) is 10.6 Å². The fourth-order valence-corrected chi connectivity index (χ4v) is 1.18. The molecular weight excluding hydrogens is 192 g/mol. The summed E-state index contributed by atoms with van der Waals surface area (Å²) in [5.41, 5.74) is 1.45. The van der Waals surface area contributed by atoms with Gasteiger partial charge in [-0.2, -0.15) is 0 Å². The van der Waals surface area contributed by atoms with Gasteiger partial charge in [0.2, 0.25) is 5.91 Å². The summed E-state index contributed by atoms with van der Waals surface area (Å²) in [6.07, 6.45) is 0. The van der Waals surface area contributed by atoms with Crippen LogP contribution in [0.1, 0.15) is 12.5 Å². The molecule has 0 saturated carbocycles. The fraction of sp³-hybridized carbons (Fsp3) is 0.364. The minimum atomic E-state index is -0.155. The third-order valence-electron chi connectivity index (χ3n) is 1.96. The van der Waals surface area contributed by atoms with Crippen LogP contribution in [0.5, 0.6) is 5.75 Å². The van der Waals surface area contributed by atoms with E-state index < -0.39 is 0 Å². The number of carbonyl (C=O) groups excluding carboxylic acids is 1. The Morgan fingerprint density at radius 1 is 1.47 bits per heavy atom. The van der Waals surface area contributed by atoms with E-state index in [9.17, 15) is 9.90 Å². The van der Waals surface area contributed by atoms with Crippen LogP contribution in [0.25, 0.3) is 0 Å². The normalized spacial score (nSPS) is 10.0. The number of aryl methyl sites for hydroxylation is 1. The summed E-state index contributed by atoms with van der Waals surface area (Å²) in [4.78, 5) is 11.4. The van der Waals surface area contributed by atoms with E-state index in [0.717, 1.165) is 12.1 Å². The lowest BCUT2D eigenvalue weighted by Crippen LogP contribution is -2.27. The number of hydrogen-bond donors (Lipinski definition) is 3. The van der Waals surface area contributed by atoms with E-state index >= 15 is 0 Å². The van der Waals surface area contributed by atoms with E-state index in [0.29, 0.717) is 5.69 Å². The Labute approximate surface area is 89.3 Å². The van der Waals surface area contributed by atoms with Gasteiger partial charge in [-0.3, -0.25) is 4.79 Å². The van der Waals surface area contributed by atoms with Crippen LogP contribution in [0.2, 0.25) is 0 Å². The maximum atomic E-state index is 11.4. The molecule has 1 amide bonds. The van der Waals surface area contributed by atoms with Crippen LogP contribution in [0.4, 0.5) is 5.69 Å². The molecule has 0 radical (unpaired) electrons. The molecular formula is C11H16N2O2. The van der Waals surface area contributed by atoms with Crippen LogP contribution in [-0.2, 0) is 4.79 Å². The van der Waals surface area contributed by atoms with Crippen molar-refractivity contribution in [1.29, 1.82) is 0 Å². The molecule has 0 bridgehead atoms. The summed E-state index contributed by atoms with van der Waals surface area (Å²) in [6.45, 7) is 4.83. The van der Waals surface area contributed by atoms with Crippen LogP contribution < -0.4 is 10.6 Å². The highest BCUT2D eigenvalue weighted by atomic mass is 16.3. The number of phenols is 1. The minimum absolute atomic E-state index is 0.0884. The lowest BCUT2D eigenvalue weighted by Gasteiger charge is -2.08. The molecule has 1 aromatic carbocycles. The number of hydrogen-bond acceptors (Lipinski definition) is 3. The van der Waals surface area contributed by atoms with Gasteiger partial charge in [-0.05, 0) is 31.2 Å². The average molecular weight is 208 g/mol. The molecule has 0 fully saturated rings. The van der Waals surface area contributed by atoms with Gasteiger partial charge in [0.15, 0.2) is 0 Å². The number of rotatable bonds is 4. The zero-order valence-electron chi connectivity index (χ0n) is 9.00. The first-order chi connectivity index (χ1) is 7.13. The van der Waals surface area contributed by atoms with Crippen LogP contribution in [0.3, 0.4) is 0 Å². The Hall–Kier alpha value is -1.55. The third kappa shape index (κ3) is 3.59. The van der Waals surface area contributed by atoms with Crippen LogP contribution in [0, 0.1) is 6.92 Å². The van der Waals surface area contributed by atoms with Gasteiger partial charge in [-0.15, -0.1) is 0 Å². The summed E-state index contributed by atoms with van der Waals surface area (Å²) >= 11 is 0. The SMILES string of the molecule is CCNCC(=O)Nc1cc(C)ccc1O. The molecule has 0 heterocycles. The predicted octanol–water partition coefficient (Wildman–Crippen LogP) is 1.25. The second-order valence-electron chi connectivity index (χ2n) is 3.35. The van der Waals surface area contributed by atoms with E-state index in [4.69, 9.17) is 0 Å². The van der Waals surface area contributed by atoms with Crippen molar-refractivity contribution in [3.63, 3.8) is 0 Å². The van der Waals surface area contributed by atoms with Gasteiger partial charge in [-0.25, -0.2) is 0 Å². The lowest BCUT2D eigenvalue weighted by atomic mass is 10.2. The zero-order chi connectivity index (χ0) is 11.3. The molecule has 0 unspecified atom stereocenters. The van der Waals surface area contributed by atoms with Crippen LogP contribution in [0.15, 0.2) is 18.2 Å². The summed E-state index contributed by atoms with van der Waals surface area (Å²) in [5, 5.41) is 15.0. The maximum absolute atomic E-state index is 11.4. The Morgan fingerprint density at radius 3 is 2.87 bits per heavy atom. The molecule has 82 valence electrons. The predicted molar refractivity (Wildman–Crippen MR) is 60.0 cm³/mol. The number of amides is 1. The number of phenolic OH excluding ortho intramolecular Hbond substituents is 1. The highest BCUT2D eigenvalue weighted by Gasteiger charge is 2.05. The van der Waals surface area contributed by atoms with Gasteiger partial charge >= 0.3 is 0 Å². The van der Waals surface area contributed by atoms with Crippen molar-refractivity contribution in [2.75, 3.05) is 18.4 Å². The van der Waals surface area contributed by atoms with Crippen molar-refractivity contribution >= 4 is 11.6 Å². The largest absolute Gasteiger partial charge is 0.506 e. The first-order valence-corrected chi connectivity index (χ1v) is 4.93. The molecule has 0 spiro atoms. The summed E-state index contributed by atoms with van der Waals surface area (Å²) < 4.78 is 0. The number of aromatic hydroxyl groups is 1. The quantitative estimate of drug-likeness (QED) is 0.652. The Bertz CT molecular complexity index is 350. The van der Waals surface area contributed by atoms with E-state index in [1.54, 1.807) is 18.2 Å². The number of carbonyl (C=O) groups is 1. The van der Waals surface area contributed by atoms with Gasteiger partial charge in [0.1, 0.15) is 5.75 Å². The summed E-state index contributed by atoms with van der Waals surface area (Å²) in [7, 11) is 0. The monoisotopic (exact) mass is 208 g/mol. The number of nitrogens with one attached hydrogen (secondary N) is 2. The number of anilines is 1. The molecule has 3 N–H and O–H groups in total. The van der Waals surface area contributed by atoms with Crippen molar-refractivity contribution in [3.05, 3.63) is 23.8 Å². The van der Waals surface area contributed by atoms with Gasteiger partial charge in [0.05, 0.1) is 12.2 Å². The smallest absolute Gasteiger partial charge is 0.238 e. The average Bonchev–Trinajstić information content (AvgIpc) is 2.20. The van der Waals surface area contributed by atoms with Gasteiger partial charge in [-0.1, -0.05) is 13.0 Å². The van der Waals surface area contributed by atoms with E-state index in [-0.39, 0.29) is 18.2 Å². The number of benzene rings is 1. The maximum Gasteiger partial charge on any atom is 0.238 e. The molecule has 0 atom stereocenters. The summed E-state index contributed by atoms with van der Waals surface area (Å²) in [6, 6.07) is 5.09. The first-order valence-electron chi connectivity index (χ1n) is 4.93. The van der Waals surface area contributed by atoms with Crippen molar-refractivity contribution < 1.29 is 9.90 Å². The van der Waals surface area contributed by atoms with Crippen molar-refractivity contribution in [2.24, 2.45) is 0 Å². The zero-order valence-corrected chi connectivity index (χ0v) is 9.00. The lowest BCUT2D eigenvalue weighted by molar-refractivity contribution is -0.115. The van der Waals surface area contributed by atoms with Gasteiger partial charge in [0.25, 0.3) is 0 Å². The highest BCUT2D eigenvalue weighted by molar-refractivity contribution is 5.93. The van der Waals surface area contributed by atoms with Crippen LogP contribution >= 0.6 is 0 Å². The van der Waals surface area contributed by atoms with Crippen molar-refractivity contribution in [3.8, 4) is 5.75 Å². The van der Waals surface area contributed by atoms with Crippen molar-refractivity contribution in [1.82, 2.24) is 5.32 Å². The molecule has 1 rings (SSSR count). The second kappa shape index (κ2) is 5.36. The van der Waals surface area contributed by atoms with Crippen LogP contribution in [-0.4, -0.2) is 24.1 Å². The third-order valence-corrected chi connectivity index (χ3v) is 1.96. The molecule has 1 aromatic rings. The molecule has 4 nitrogen and oxygen atoms in total. The van der Waals surface area contributed by atoms with E-state index in [1.165, 1.54) is 0 Å². The molecule has 0 aliphatic rings. The first kappa shape index (κ1) is 11.5. The Balaban J connectivity index is 2.63. The molecule has 0 aliphatic carbocycles. The van der Waals surface area contributed by atoms with E-state index in [1.807, 2.05) is 13.8 Å². The van der Waals surface area contributed by atoms with Gasteiger partial charge < -0.3 is 15.7 Å². The Morgan fingerprint density at radius 2 is 2.20 bits per heavy atom. The molecule has 0 aromatic heterocycles. The standard InChI is InChI=1S/C11H16N2O2/c1-3-12-7-11(15)13-9-6-8(2)4-5-10(9)14/h4-6,12,14H,3,7H2,1-2H3,(H,13,15). The number of likely N-dealkylation sites (N-methyl/N-ethyl adjacent to an activating group) is 1. The second-order valence-corrected chi connectivity index (χ2v) is 3.35. The fourth-order valence-electron chi connectivity index (χ4n) is 1.18. The summed E-state index contributed by atoms with van der Waals surface area (Å²) in [5.74, 6) is -0.0665. The topological polar surface area (TPSA) is 61.4 Å². The highest BCUT2D eigenvalue weighted by Crippen LogP contribution is 2.23. The minimum Gasteiger partial charge on any atom is -0.506 e. The molecule has 0 aliphatic heterocycles.